The van der Waals surface area contributed by atoms with Crippen LogP contribution in [0.3, 0.4) is 0 Å². The van der Waals surface area contributed by atoms with Gasteiger partial charge in [0.25, 0.3) is 0 Å². The third-order valence-corrected chi connectivity index (χ3v) is 6.70. The zero-order valence-corrected chi connectivity index (χ0v) is 13.7. The maximum Gasteiger partial charge on any atom is 0.243 e. The molecular weight excluding hydrogens is 284 g/mol. The molecule has 118 valence electrons. The van der Waals surface area contributed by atoms with Crippen molar-refractivity contribution in [2.45, 2.75) is 81.7 Å². The Labute approximate surface area is 131 Å². The Hall–Kier alpha value is -0.710. The van der Waals surface area contributed by atoms with Crippen molar-refractivity contribution in [1.82, 2.24) is 10.2 Å². The highest BCUT2D eigenvalue weighted by atomic mass is 32.2. The third-order valence-electron chi connectivity index (χ3n) is 5.20. The molecule has 0 bridgehead atoms. The van der Waals surface area contributed by atoms with Gasteiger partial charge in [-0.15, -0.1) is 11.8 Å². The summed E-state index contributed by atoms with van der Waals surface area (Å²) in [5.74, 6) is 0.980. The van der Waals surface area contributed by atoms with E-state index in [0.717, 1.165) is 25.0 Å². The number of fused-ring (bicyclic) bond motifs is 1. The van der Waals surface area contributed by atoms with Crippen LogP contribution in [0, 0.1) is 0 Å². The lowest BCUT2D eigenvalue weighted by molar-refractivity contribution is -0.138. The van der Waals surface area contributed by atoms with Crippen LogP contribution in [0.25, 0.3) is 0 Å². The smallest absolute Gasteiger partial charge is 0.243 e. The number of rotatable bonds is 2. The number of nitrogens with one attached hydrogen (secondary N) is 1. The lowest BCUT2D eigenvalue weighted by Gasteiger charge is -2.31. The van der Waals surface area contributed by atoms with Crippen molar-refractivity contribution in [2.24, 2.45) is 0 Å². The molecule has 0 unspecified atom stereocenters. The highest BCUT2D eigenvalue weighted by Crippen LogP contribution is 2.47. The van der Waals surface area contributed by atoms with Gasteiger partial charge in [-0.2, -0.15) is 0 Å². The molecule has 1 aliphatic carbocycles. The van der Waals surface area contributed by atoms with E-state index < -0.39 is 0 Å². The van der Waals surface area contributed by atoms with Crippen LogP contribution >= 0.6 is 11.8 Å². The van der Waals surface area contributed by atoms with Gasteiger partial charge in [-0.25, -0.2) is 0 Å². The van der Waals surface area contributed by atoms with Crippen LogP contribution < -0.4 is 5.32 Å². The average molecular weight is 310 g/mol. The van der Waals surface area contributed by atoms with E-state index in [1.807, 2.05) is 4.90 Å². The normalized spacial score (nSPS) is 34.4. The largest absolute Gasteiger partial charge is 0.352 e. The van der Waals surface area contributed by atoms with Crippen molar-refractivity contribution in [3.8, 4) is 0 Å². The molecule has 21 heavy (non-hydrogen) atoms. The third kappa shape index (κ3) is 3.08. The van der Waals surface area contributed by atoms with Crippen molar-refractivity contribution in [1.29, 1.82) is 0 Å². The summed E-state index contributed by atoms with van der Waals surface area (Å²) in [7, 11) is 0. The fourth-order valence-corrected chi connectivity index (χ4v) is 5.34. The number of nitrogens with zero attached hydrogens (tertiary/aromatic N) is 1. The quantitative estimate of drug-likeness (QED) is 0.853. The van der Waals surface area contributed by atoms with E-state index in [-0.39, 0.29) is 22.7 Å². The van der Waals surface area contributed by atoms with Gasteiger partial charge in [0.05, 0.1) is 4.87 Å². The molecule has 2 saturated heterocycles. The fourth-order valence-electron chi connectivity index (χ4n) is 3.91. The van der Waals surface area contributed by atoms with Gasteiger partial charge in [-0.1, -0.05) is 32.1 Å². The highest BCUT2D eigenvalue weighted by Gasteiger charge is 2.52. The van der Waals surface area contributed by atoms with Crippen LogP contribution in [-0.2, 0) is 9.59 Å². The molecule has 0 aromatic heterocycles. The van der Waals surface area contributed by atoms with Gasteiger partial charge in [0.1, 0.15) is 6.04 Å². The van der Waals surface area contributed by atoms with Crippen molar-refractivity contribution >= 4 is 23.6 Å². The minimum Gasteiger partial charge on any atom is -0.352 e. The van der Waals surface area contributed by atoms with Gasteiger partial charge in [0.2, 0.25) is 11.8 Å². The Kier molecular flexibility index (Phi) is 4.48. The molecule has 1 N–H and O–H groups in total. The summed E-state index contributed by atoms with van der Waals surface area (Å²) in [5.41, 5.74) is 0. The van der Waals surface area contributed by atoms with E-state index in [0.29, 0.717) is 12.5 Å². The summed E-state index contributed by atoms with van der Waals surface area (Å²) >= 11 is 1.77. The molecule has 2 amide bonds. The summed E-state index contributed by atoms with van der Waals surface area (Å²) < 4.78 is 0. The van der Waals surface area contributed by atoms with Crippen LogP contribution in [0.15, 0.2) is 0 Å². The van der Waals surface area contributed by atoms with Crippen molar-refractivity contribution in [3.63, 3.8) is 0 Å². The Bertz CT molecular complexity index is 421. The van der Waals surface area contributed by atoms with Gasteiger partial charge in [-0.05, 0) is 26.2 Å². The monoisotopic (exact) mass is 310 g/mol. The minimum atomic E-state index is -0.250. The maximum atomic E-state index is 12.6. The first-order valence-corrected chi connectivity index (χ1v) is 9.35. The standard InChI is InChI=1S/C16H26N2O2S/c1-16-10-9-14(19)18(16)13(11-21-16)15(20)17-12-7-5-3-2-4-6-8-12/h12-13H,2-11H2,1H3,(H,17,20)/t13-,16+/m1/s1. The van der Waals surface area contributed by atoms with Gasteiger partial charge in [-0.3, -0.25) is 9.59 Å². The average Bonchev–Trinajstić information content (AvgIpc) is 2.90. The Morgan fingerprint density at radius 1 is 1.24 bits per heavy atom. The van der Waals surface area contributed by atoms with Crippen LogP contribution in [-0.4, -0.2) is 39.4 Å². The number of amides is 2. The predicted molar refractivity (Wildman–Crippen MR) is 85.0 cm³/mol. The molecular formula is C16H26N2O2S. The molecule has 3 rings (SSSR count). The molecule has 3 aliphatic rings. The highest BCUT2D eigenvalue weighted by molar-refractivity contribution is 8.01. The summed E-state index contributed by atoms with van der Waals surface area (Å²) in [6, 6.07) is 0.0628. The molecule has 1 saturated carbocycles. The number of thioether (sulfide) groups is 1. The summed E-state index contributed by atoms with van der Waals surface area (Å²) in [6.07, 6.45) is 9.99. The van der Waals surface area contributed by atoms with E-state index in [1.165, 1.54) is 32.1 Å². The zero-order chi connectivity index (χ0) is 14.9. The molecule has 0 radical (unpaired) electrons. The first-order valence-electron chi connectivity index (χ1n) is 8.37. The summed E-state index contributed by atoms with van der Waals surface area (Å²) in [5, 5.41) is 3.23. The second-order valence-electron chi connectivity index (χ2n) is 6.82. The number of carbonyl (C=O) groups excluding carboxylic acids is 2. The lowest BCUT2D eigenvalue weighted by atomic mass is 9.96. The van der Waals surface area contributed by atoms with Gasteiger partial charge >= 0.3 is 0 Å². The van der Waals surface area contributed by atoms with Crippen LogP contribution in [0.4, 0.5) is 0 Å². The molecule has 2 atom stereocenters. The molecule has 0 aromatic carbocycles. The van der Waals surface area contributed by atoms with Gasteiger partial charge < -0.3 is 10.2 Å². The first-order chi connectivity index (χ1) is 10.1. The van der Waals surface area contributed by atoms with Gasteiger partial charge in [0, 0.05) is 18.2 Å². The fraction of sp³-hybridized carbons (Fsp3) is 0.875. The van der Waals surface area contributed by atoms with Crippen molar-refractivity contribution in [2.75, 3.05) is 5.75 Å². The Balaban J connectivity index is 1.61. The molecule has 0 spiro atoms. The van der Waals surface area contributed by atoms with E-state index in [2.05, 4.69) is 12.2 Å². The number of carbonyl (C=O) groups is 2. The van der Waals surface area contributed by atoms with E-state index in [4.69, 9.17) is 0 Å². The summed E-state index contributed by atoms with van der Waals surface area (Å²) in [6.45, 7) is 2.10. The molecule has 2 heterocycles. The van der Waals surface area contributed by atoms with E-state index in [9.17, 15) is 9.59 Å². The second kappa shape index (κ2) is 6.19. The SMILES string of the molecule is C[C@]12CCC(=O)N1[C@@H](C(=O)NC1CCCCCCC1)CS2. The number of hydrogen-bond acceptors (Lipinski definition) is 3. The van der Waals surface area contributed by atoms with Gasteiger partial charge in [0.15, 0.2) is 0 Å². The van der Waals surface area contributed by atoms with E-state index >= 15 is 0 Å². The number of hydrogen-bond donors (Lipinski definition) is 1. The van der Waals surface area contributed by atoms with Crippen LogP contribution in [0.1, 0.15) is 64.7 Å². The topological polar surface area (TPSA) is 49.4 Å². The molecule has 2 aliphatic heterocycles. The van der Waals surface area contributed by atoms with Crippen LogP contribution in [0.2, 0.25) is 0 Å². The van der Waals surface area contributed by atoms with E-state index in [1.54, 1.807) is 11.8 Å². The predicted octanol–water partition coefficient (Wildman–Crippen LogP) is 2.67. The van der Waals surface area contributed by atoms with Crippen molar-refractivity contribution in [3.05, 3.63) is 0 Å². The van der Waals surface area contributed by atoms with Crippen molar-refractivity contribution < 1.29 is 9.59 Å². The second-order valence-corrected chi connectivity index (χ2v) is 8.32. The molecule has 3 fully saturated rings. The molecule has 4 nitrogen and oxygen atoms in total. The maximum absolute atomic E-state index is 12.6. The minimum absolute atomic E-state index is 0.0760. The molecule has 0 aromatic rings. The first kappa shape index (κ1) is 15.2. The Morgan fingerprint density at radius 3 is 2.62 bits per heavy atom. The summed E-state index contributed by atoms with van der Waals surface area (Å²) in [4.78, 5) is 26.4. The zero-order valence-electron chi connectivity index (χ0n) is 12.9. The van der Waals surface area contributed by atoms with Crippen LogP contribution in [0.5, 0.6) is 0 Å². The Morgan fingerprint density at radius 2 is 1.90 bits per heavy atom. The molecule has 5 heteroatoms. The lowest BCUT2D eigenvalue weighted by Crippen LogP contribution is -2.52.